The molecule has 0 aliphatic heterocycles. The zero-order valence-electron chi connectivity index (χ0n) is 9.59. The Morgan fingerprint density at radius 3 is 2.62 bits per heavy atom. The Morgan fingerprint density at radius 2 is 2.06 bits per heavy atom. The number of hydrogen-bond acceptors (Lipinski definition) is 6. The molecule has 0 unspecified atom stereocenters. The second-order valence-corrected chi connectivity index (χ2v) is 3.53. The van der Waals surface area contributed by atoms with Gasteiger partial charge in [0.25, 0.3) is 0 Å². The molecule has 6 heteroatoms. The Balaban J connectivity index is 2.46. The van der Waals surface area contributed by atoms with Crippen molar-refractivity contribution in [1.82, 2.24) is 15.0 Å². The first-order chi connectivity index (χ1) is 7.80. The zero-order valence-corrected chi connectivity index (χ0v) is 9.59. The Labute approximate surface area is 94.9 Å². The van der Waals surface area contributed by atoms with Crippen LogP contribution in [-0.2, 0) is 13.0 Å². The molecule has 0 fully saturated rings. The Hall–Kier alpha value is -0.980. The van der Waals surface area contributed by atoms with Crippen LogP contribution in [0.25, 0.3) is 0 Å². The van der Waals surface area contributed by atoms with Crippen molar-refractivity contribution in [2.45, 2.75) is 26.3 Å². The monoisotopic (exact) mass is 229 g/mol. The molecule has 0 atom stereocenters. The maximum absolute atomic E-state index is 8.90. The van der Waals surface area contributed by atoms with Gasteiger partial charge in [0.05, 0.1) is 13.2 Å². The smallest absolute Gasteiger partial charge is 0.226 e. The van der Waals surface area contributed by atoms with Crippen LogP contribution in [0.15, 0.2) is 4.52 Å². The van der Waals surface area contributed by atoms with Gasteiger partial charge in [-0.1, -0.05) is 12.1 Å². The van der Waals surface area contributed by atoms with E-state index >= 15 is 0 Å². The molecule has 2 N–H and O–H groups in total. The summed E-state index contributed by atoms with van der Waals surface area (Å²) in [4.78, 5) is 6.18. The lowest BCUT2D eigenvalue weighted by molar-refractivity contribution is 0.170. The second-order valence-electron chi connectivity index (χ2n) is 3.53. The van der Waals surface area contributed by atoms with Gasteiger partial charge >= 0.3 is 0 Å². The first-order valence-corrected chi connectivity index (χ1v) is 5.55. The van der Waals surface area contributed by atoms with Crippen LogP contribution in [0.1, 0.15) is 25.1 Å². The lowest BCUT2D eigenvalue weighted by Crippen LogP contribution is -2.28. The van der Waals surface area contributed by atoms with Crippen molar-refractivity contribution in [3.8, 4) is 0 Å². The number of aryl methyl sites for hydroxylation is 1. The second kappa shape index (κ2) is 7.32. The molecule has 0 aliphatic rings. The molecule has 0 aliphatic carbocycles. The van der Waals surface area contributed by atoms with E-state index in [1.807, 2.05) is 11.8 Å². The highest BCUT2D eigenvalue weighted by Crippen LogP contribution is 2.03. The zero-order chi connectivity index (χ0) is 11.8. The molecule has 92 valence electrons. The predicted molar refractivity (Wildman–Crippen MR) is 57.7 cm³/mol. The standard InChI is InChI=1S/C10H19N3O3/c1-2-10-11-9(12-16-10)8-13(5-7-15)4-3-6-14/h14-15H,2-8H2,1H3. The van der Waals surface area contributed by atoms with Gasteiger partial charge in [0.2, 0.25) is 5.89 Å². The van der Waals surface area contributed by atoms with Crippen LogP contribution in [0.5, 0.6) is 0 Å². The molecule has 0 bridgehead atoms. The third-order valence-corrected chi connectivity index (χ3v) is 2.23. The molecular weight excluding hydrogens is 210 g/mol. The molecule has 0 radical (unpaired) electrons. The maximum Gasteiger partial charge on any atom is 0.226 e. The fourth-order valence-electron chi connectivity index (χ4n) is 1.40. The quantitative estimate of drug-likeness (QED) is 0.643. The van der Waals surface area contributed by atoms with Crippen molar-refractivity contribution in [1.29, 1.82) is 0 Å². The largest absolute Gasteiger partial charge is 0.396 e. The van der Waals surface area contributed by atoms with E-state index in [1.54, 1.807) is 0 Å². The molecule has 0 spiro atoms. The lowest BCUT2D eigenvalue weighted by atomic mass is 10.3. The third kappa shape index (κ3) is 4.26. The first kappa shape index (κ1) is 13.1. The summed E-state index contributed by atoms with van der Waals surface area (Å²) in [5.74, 6) is 1.25. The Kier molecular flexibility index (Phi) is 5.99. The van der Waals surface area contributed by atoms with Crippen LogP contribution in [0, 0.1) is 0 Å². The van der Waals surface area contributed by atoms with Gasteiger partial charge in [-0.15, -0.1) is 0 Å². The summed E-state index contributed by atoms with van der Waals surface area (Å²) in [6, 6.07) is 0. The summed E-state index contributed by atoms with van der Waals surface area (Å²) in [7, 11) is 0. The minimum Gasteiger partial charge on any atom is -0.396 e. The van der Waals surface area contributed by atoms with Crippen LogP contribution >= 0.6 is 0 Å². The lowest BCUT2D eigenvalue weighted by Gasteiger charge is -2.18. The van der Waals surface area contributed by atoms with E-state index in [-0.39, 0.29) is 13.2 Å². The Morgan fingerprint density at radius 1 is 1.25 bits per heavy atom. The molecule has 1 heterocycles. The van der Waals surface area contributed by atoms with E-state index in [9.17, 15) is 0 Å². The van der Waals surface area contributed by atoms with Gasteiger partial charge < -0.3 is 14.7 Å². The van der Waals surface area contributed by atoms with Gasteiger partial charge in [0.15, 0.2) is 5.82 Å². The normalized spacial score (nSPS) is 11.2. The summed E-state index contributed by atoms with van der Waals surface area (Å²) < 4.78 is 5.00. The molecule has 6 nitrogen and oxygen atoms in total. The van der Waals surface area contributed by atoms with E-state index in [4.69, 9.17) is 14.7 Å². The van der Waals surface area contributed by atoms with E-state index in [1.165, 1.54) is 0 Å². The topological polar surface area (TPSA) is 82.6 Å². The van der Waals surface area contributed by atoms with Crippen LogP contribution < -0.4 is 0 Å². The summed E-state index contributed by atoms with van der Waals surface area (Å²) >= 11 is 0. The van der Waals surface area contributed by atoms with Gasteiger partial charge in [-0.3, -0.25) is 4.90 Å². The van der Waals surface area contributed by atoms with E-state index in [0.29, 0.717) is 37.8 Å². The van der Waals surface area contributed by atoms with Gasteiger partial charge in [0.1, 0.15) is 0 Å². The van der Waals surface area contributed by atoms with Crippen LogP contribution in [0.3, 0.4) is 0 Å². The minimum absolute atomic E-state index is 0.0872. The highest BCUT2D eigenvalue weighted by atomic mass is 16.5. The van der Waals surface area contributed by atoms with E-state index < -0.39 is 0 Å². The summed E-state index contributed by atoms with van der Waals surface area (Å²) in [6.07, 6.45) is 1.40. The molecule has 0 aromatic carbocycles. The van der Waals surface area contributed by atoms with E-state index in [0.717, 1.165) is 6.42 Å². The fourth-order valence-corrected chi connectivity index (χ4v) is 1.40. The molecule has 1 aromatic heterocycles. The van der Waals surface area contributed by atoms with Crippen molar-refractivity contribution >= 4 is 0 Å². The van der Waals surface area contributed by atoms with E-state index in [2.05, 4.69) is 10.1 Å². The van der Waals surface area contributed by atoms with Crippen molar-refractivity contribution in [2.75, 3.05) is 26.3 Å². The van der Waals surface area contributed by atoms with Crippen LogP contribution in [0.4, 0.5) is 0 Å². The van der Waals surface area contributed by atoms with Crippen molar-refractivity contribution in [2.24, 2.45) is 0 Å². The van der Waals surface area contributed by atoms with Gasteiger partial charge in [-0.2, -0.15) is 4.98 Å². The van der Waals surface area contributed by atoms with Gasteiger partial charge in [0, 0.05) is 26.1 Å². The molecule has 16 heavy (non-hydrogen) atoms. The SMILES string of the molecule is CCc1nc(CN(CCO)CCCO)no1. The molecule has 1 rings (SSSR count). The molecule has 1 aromatic rings. The number of aliphatic hydroxyl groups is 2. The van der Waals surface area contributed by atoms with Gasteiger partial charge in [-0.05, 0) is 6.42 Å². The average Bonchev–Trinajstić information content (AvgIpc) is 2.74. The number of nitrogens with zero attached hydrogens (tertiary/aromatic N) is 3. The maximum atomic E-state index is 8.90. The first-order valence-electron chi connectivity index (χ1n) is 5.55. The predicted octanol–water partition coefficient (Wildman–Crippen LogP) is -0.191. The molecular formula is C10H19N3O3. The number of aliphatic hydroxyl groups excluding tert-OH is 2. The van der Waals surface area contributed by atoms with Crippen molar-refractivity contribution < 1.29 is 14.7 Å². The Bertz CT molecular complexity index is 291. The highest BCUT2D eigenvalue weighted by Gasteiger charge is 2.10. The fraction of sp³-hybridized carbons (Fsp3) is 0.800. The van der Waals surface area contributed by atoms with Crippen molar-refractivity contribution in [3.63, 3.8) is 0 Å². The number of rotatable bonds is 8. The summed E-state index contributed by atoms with van der Waals surface area (Å²) in [6.45, 7) is 4.00. The number of aromatic nitrogens is 2. The van der Waals surface area contributed by atoms with Crippen molar-refractivity contribution in [3.05, 3.63) is 11.7 Å². The molecule has 0 amide bonds. The third-order valence-electron chi connectivity index (χ3n) is 2.23. The number of hydrogen-bond donors (Lipinski definition) is 2. The van der Waals surface area contributed by atoms with Crippen LogP contribution in [0.2, 0.25) is 0 Å². The molecule has 0 saturated carbocycles. The summed E-state index contributed by atoms with van der Waals surface area (Å²) in [5, 5.41) is 21.5. The highest BCUT2D eigenvalue weighted by molar-refractivity contribution is 4.85. The van der Waals surface area contributed by atoms with Gasteiger partial charge in [-0.25, -0.2) is 0 Å². The minimum atomic E-state index is 0.0872. The summed E-state index contributed by atoms with van der Waals surface area (Å²) in [5.41, 5.74) is 0. The average molecular weight is 229 g/mol. The molecule has 0 saturated heterocycles. The van der Waals surface area contributed by atoms with Crippen LogP contribution in [-0.4, -0.2) is 51.6 Å².